The topological polar surface area (TPSA) is 128 Å². The fourth-order valence-electron chi connectivity index (χ4n) is 3.06. The standard InChI is InChI=1S/C18H23FN6O/c19-15-3-1-2-13(17(15)26)16(20)8-14(18(21)22)11-9-24-25(10-11)12-4-6-23-7-5-12/h1-3,8-10,12,23,26H,4-7,20-22H2/b16-8-. The molecule has 1 fully saturated rings. The summed E-state index contributed by atoms with van der Waals surface area (Å²) in [7, 11) is 0. The van der Waals surface area contributed by atoms with Crippen LogP contribution in [0.2, 0.25) is 0 Å². The molecule has 0 spiro atoms. The molecule has 2 heterocycles. The van der Waals surface area contributed by atoms with Gasteiger partial charge in [-0.2, -0.15) is 5.10 Å². The molecule has 0 saturated carbocycles. The van der Waals surface area contributed by atoms with Crippen molar-refractivity contribution in [2.75, 3.05) is 13.1 Å². The monoisotopic (exact) mass is 358 g/mol. The van der Waals surface area contributed by atoms with Crippen molar-refractivity contribution in [1.82, 2.24) is 15.1 Å². The molecule has 1 aromatic heterocycles. The summed E-state index contributed by atoms with van der Waals surface area (Å²) in [5.74, 6) is -1.20. The lowest BCUT2D eigenvalue weighted by molar-refractivity contribution is 0.343. The molecule has 2 aromatic rings. The molecule has 0 atom stereocenters. The van der Waals surface area contributed by atoms with Gasteiger partial charge >= 0.3 is 0 Å². The van der Waals surface area contributed by atoms with E-state index in [-0.39, 0.29) is 17.1 Å². The van der Waals surface area contributed by atoms with Gasteiger partial charge in [-0.3, -0.25) is 4.68 Å². The first-order valence-corrected chi connectivity index (χ1v) is 8.43. The molecule has 138 valence electrons. The van der Waals surface area contributed by atoms with Crippen LogP contribution >= 0.6 is 0 Å². The molecule has 1 aliphatic rings. The van der Waals surface area contributed by atoms with Crippen molar-refractivity contribution < 1.29 is 9.50 Å². The number of allylic oxidation sites excluding steroid dienone is 2. The normalized spacial score (nSPS) is 15.8. The van der Waals surface area contributed by atoms with Crippen LogP contribution in [0.25, 0.3) is 11.3 Å². The number of nitrogens with zero attached hydrogens (tertiary/aromatic N) is 2. The van der Waals surface area contributed by atoms with Crippen molar-refractivity contribution in [3.8, 4) is 5.75 Å². The largest absolute Gasteiger partial charge is 0.504 e. The molecule has 0 amide bonds. The highest BCUT2D eigenvalue weighted by Gasteiger charge is 2.17. The molecule has 0 unspecified atom stereocenters. The van der Waals surface area contributed by atoms with E-state index in [0.29, 0.717) is 17.2 Å². The summed E-state index contributed by atoms with van der Waals surface area (Å²) >= 11 is 0. The van der Waals surface area contributed by atoms with Gasteiger partial charge in [0.15, 0.2) is 11.6 Å². The van der Waals surface area contributed by atoms with Crippen LogP contribution in [-0.2, 0) is 0 Å². The lowest BCUT2D eigenvalue weighted by Crippen LogP contribution is -2.29. The SMILES string of the molecule is NC(N)=C(/C=C(\N)c1cccc(F)c1O)c1cnn(C2CCNCC2)c1. The number of para-hydroxylation sites is 1. The van der Waals surface area contributed by atoms with E-state index in [2.05, 4.69) is 10.4 Å². The molecule has 8 N–H and O–H groups in total. The third-order valence-corrected chi connectivity index (χ3v) is 4.50. The Balaban J connectivity index is 1.92. The highest BCUT2D eigenvalue weighted by Crippen LogP contribution is 2.28. The zero-order valence-corrected chi connectivity index (χ0v) is 14.3. The van der Waals surface area contributed by atoms with Gasteiger partial charge < -0.3 is 27.6 Å². The molecule has 3 rings (SSSR count). The number of piperidine rings is 1. The predicted molar refractivity (Wildman–Crippen MR) is 98.9 cm³/mol. The average molecular weight is 358 g/mol. The van der Waals surface area contributed by atoms with E-state index < -0.39 is 11.6 Å². The van der Waals surface area contributed by atoms with Crippen molar-refractivity contribution in [2.24, 2.45) is 17.2 Å². The third kappa shape index (κ3) is 3.65. The minimum atomic E-state index is -0.746. The lowest BCUT2D eigenvalue weighted by Gasteiger charge is -2.22. The predicted octanol–water partition coefficient (Wildman–Crippen LogP) is 1.24. The lowest BCUT2D eigenvalue weighted by atomic mass is 10.0. The maximum absolute atomic E-state index is 13.6. The van der Waals surface area contributed by atoms with Crippen LogP contribution in [0.4, 0.5) is 4.39 Å². The summed E-state index contributed by atoms with van der Waals surface area (Å²) in [5, 5.41) is 17.6. The fraction of sp³-hybridized carbons (Fsp3) is 0.278. The Kier molecular flexibility index (Phi) is 5.13. The quantitative estimate of drug-likeness (QED) is 0.523. The van der Waals surface area contributed by atoms with E-state index in [1.165, 1.54) is 18.2 Å². The highest BCUT2D eigenvalue weighted by molar-refractivity contribution is 5.84. The van der Waals surface area contributed by atoms with Gasteiger partial charge in [0.05, 0.1) is 12.2 Å². The van der Waals surface area contributed by atoms with Crippen LogP contribution < -0.4 is 22.5 Å². The zero-order chi connectivity index (χ0) is 18.7. The third-order valence-electron chi connectivity index (χ3n) is 4.50. The summed E-state index contributed by atoms with van der Waals surface area (Å²) in [6.07, 6.45) is 7.06. The van der Waals surface area contributed by atoms with Crippen LogP contribution in [0, 0.1) is 5.82 Å². The highest BCUT2D eigenvalue weighted by atomic mass is 19.1. The molecular formula is C18H23FN6O. The Labute approximate surface area is 151 Å². The second kappa shape index (κ2) is 7.49. The number of aromatic hydroxyl groups is 1. The number of nitrogens with two attached hydrogens (primary N) is 3. The van der Waals surface area contributed by atoms with Crippen LogP contribution in [0.5, 0.6) is 5.75 Å². The van der Waals surface area contributed by atoms with Gasteiger partial charge in [-0.25, -0.2) is 4.39 Å². The summed E-state index contributed by atoms with van der Waals surface area (Å²) < 4.78 is 15.5. The fourth-order valence-corrected chi connectivity index (χ4v) is 3.06. The molecule has 7 nitrogen and oxygen atoms in total. The molecule has 26 heavy (non-hydrogen) atoms. The molecule has 8 heteroatoms. The van der Waals surface area contributed by atoms with Crippen molar-refractivity contribution in [2.45, 2.75) is 18.9 Å². The van der Waals surface area contributed by atoms with Crippen LogP contribution in [0.15, 0.2) is 42.5 Å². The Hall–Kier alpha value is -3.00. The second-order valence-electron chi connectivity index (χ2n) is 6.29. The Morgan fingerprint density at radius 3 is 2.69 bits per heavy atom. The van der Waals surface area contributed by atoms with Gasteiger partial charge in [0.2, 0.25) is 0 Å². The number of nitrogens with one attached hydrogen (secondary N) is 1. The maximum atomic E-state index is 13.6. The summed E-state index contributed by atoms with van der Waals surface area (Å²) in [6, 6.07) is 4.46. The van der Waals surface area contributed by atoms with Gasteiger partial charge in [0, 0.05) is 28.6 Å². The average Bonchev–Trinajstić information content (AvgIpc) is 3.12. The number of hydrogen-bond acceptors (Lipinski definition) is 6. The first kappa shape index (κ1) is 17.8. The van der Waals surface area contributed by atoms with E-state index in [4.69, 9.17) is 17.2 Å². The number of halogens is 1. The van der Waals surface area contributed by atoms with Gasteiger partial charge in [0.25, 0.3) is 0 Å². The van der Waals surface area contributed by atoms with Crippen LogP contribution in [0.3, 0.4) is 0 Å². The van der Waals surface area contributed by atoms with Crippen molar-refractivity contribution >= 4 is 11.3 Å². The Morgan fingerprint density at radius 2 is 2.00 bits per heavy atom. The number of benzene rings is 1. The molecular weight excluding hydrogens is 335 g/mol. The Bertz CT molecular complexity index is 847. The number of phenols is 1. The smallest absolute Gasteiger partial charge is 0.165 e. The van der Waals surface area contributed by atoms with E-state index in [1.54, 1.807) is 6.20 Å². The number of phenolic OH excluding ortho intramolecular Hbond substituents is 1. The summed E-state index contributed by atoms with van der Waals surface area (Å²) in [5.41, 5.74) is 19.2. The van der Waals surface area contributed by atoms with Crippen LogP contribution in [-0.4, -0.2) is 28.0 Å². The van der Waals surface area contributed by atoms with E-state index >= 15 is 0 Å². The summed E-state index contributed by atoms with van der Waals surface area (Å²) in [6.45, 7) is 1.90. The maximum Gasteiger partial charge on any atom is 0.165 e. The van der Waals surface area contributed by atoms with Gasteiger partial charge in [0.1, 0.15) is 5.82 Å². The summed E-state index contributed by atoms with van der Waals surface area (Å²) in [4.78, 5) is 0. The zero-order valence-electron chi connectivity index (χ0n) is 14.3. The minimum Gasteiger partial charge on any atom is -0.504 e. The van der Waals surface area contributed by atoms with E-state index in [9.17, 15) is 9.50 Å². The molecule has 1 aromatic carbocycles. The number of hydrogen-bond donors (Lipinski definition) is 5. The second-order valence-corrected chi connectivity index (χ2v) is 6.29. The molecule has 1 saturated heterocycles. The van der Waals surface area contributed by atoms with Crippen molar-refractivity contribution in [1.29, 1.82) is 0 Å². The Morgan fingerprint density at radius 1 is 1.27 bits per heavy atom. The first-order valence-electron chi connectivity index (χ1n) is 8.43. The molecule has 0 bridgehead atoms. The van der Waals surface area contributed by atoms with Crippen LogP contribution in [0.1, 0.15) is 30.0 Å². The molecule has 0 radical (unpaired) electrons. The van der Waals surface area contributed by atoms with E-state index in [1.807, 2.05) is 10.9 Å². The van der Waals surface area contributed by atoms with Gasteiger partial charge in [-0.15, -0.1) is 0 Å². The minimum absolute atomic E-state index is 0.0636. The van der Waals surface area contributed by atoms with Gasteiger partial charge in [-0.1, -0.05) is 6.07 Å². The van der Waals surface area contributed by atoms with Gasteiger partial charge in [-0.05, 0) is 44.1 Å². The molecule has 1 aliphatic heterocycles. The number of aromatic nitrogens is 2. The number of rotatable bonds is 4. The van der Waals surface area contributed by atoms with Crippen molar-refractivity contribution in [3.63, 3.8) is 0 Å². The van der Waals surface area contributed by atoms with E-state index in [0.717, 1.165) is 32.0 Å². The van der Waals surface area contributed by atoms with Crippen molar-refractivity contribution in [3.05, 3.63) is 59.4 Å². The molecule has 0 aliphatic carbocycles. The first-order chi connectivity index (χ1) is 12.5.